The molecule has 2 heterocycles. The molecule has 8 heteroatoms. The van der Waals surface area contributed by atoms with Crippen LogP contribution in [0.15, 0.2) is 42.5 Å². The van der Waals surface area contributed by atoms with Gasteiger partial charge in [0.2, 0.25) is 5.91 Å². The Morgan fingerprint density at radius 2 is 1.86 bits per heavy atom. The summed E-state index contributed by atoms with van der Waals surface area (Å²) < 4.78 is 0. The molecule has 0 unspecified atom stereocenters. The topological polar surface area (TPSA) is 95.8 Å². The van der Waals surface area contributed by atoms with Gasteiger partial charge in [0.1, 0.15) is 12.2 Å². The summed E-state index contributed by atoms with van der Waals surface area (Å²) in [6.45, 7) is 3.57. The van der Waals surface area contributed by atoms with Crippen LogP contribution in [0.1, 0.15) is 30.1 Å². The van der Waals surface area contributed by atoms with Crippen LogP contribution in [0.3, 0.4) is 0 Å². The van der Waals surface area contributed by atoms with E-state index in [1.54, 1.807) is 36.4 Å². The van der Waals surface area contributed by atoms with Crippen molar-refractivity contribution in [2.24, 2.45) is 5.92 Å². The molecule has 2 aromatic rings. The number of piperidine rings is 1. The zero-order chi connectivity index (χ0) is 20.5. The van der Waals surface area contributed by atoms with Crippen molar-refractivity contribution >= 4 is 34.6 Å². The highest BCUT2D eigenvalue weighted by Crippen LogP contribution is 2.34. The number of hydrogen-bond acceptors (Lipinski definition) is 5. The van der Waals surface area contributed by atoms with E-state index in [-0.39, 0.29) is 23.7 Å². The molecule has 0 atom stereocenters. The van der Waals surface area contributed by atoms with Gasteiger partial charge in [-0.25, -0.2) is 0 Å². The Hall–Kier alpha value is -3.42. The molecule has 150 valence electrons. The standard InChI is InChI=1S/C21H22N4O4/c1-14-8-10-23(11-9-14)18-7-6-15(12-19(18)25(28)29)21(27)24-13-20(26)22-16-4-2-3-5-17(16)24/h2-7,12,14H,8-11,13H2,1H3,(H,22,26). The molecular weight excluding hydrogens is 372 g/mol. The van der Waals surface area contributed by atoms with Gasteiger partial charge in [-0.3, -0.25) is 24.6 Å². The summed E-state index contributed by atoms with van der Waals surface area (Å²) in [5, 5.41) is 14.5. The summed E-state index contributed by atoms with van der Waals surface area (Å²) in [6, 6.07) is 11.6. The third kappa shape index (κ3) is 3.65. The molecule has 2 amide bonds. The Bertz CT molecular complexity index is 982. The van der Waals surface area contributed by atoms with Crippen molar-refractivity contribution in [3.63, 3.8) is 0 Å². The molecule has 1 N–H and O–H groups in total. The van der Waals surface area contributed by atoms with Crippen LogP contribution in [0.2, 0.25) is 0 Å². The molecule has 0 bridgehead atoms. The number of fused-ring (bicyclic) bond motifs is 1. The molecule has 8 nitrogen and oxygen atoms in total. The van der Waals surface area contributed by atoms with E-state index in [9.17, 15) is 19.7 Å². The lowest BCUT2D eigenvalue weighted by atomic mass is 9.98. The molecule has 0 saturated carbocycles. The molecule has 4 rings (SSSR count). The van der Waals surface area contributed by atoms with Crippen molar-refractivity contribution in [2.75, 3.05) is 34.8 Å². The lowest BCUT2D eigenvalue weighted by Crippen LogP contribution is -2.42. The van der Waals surface area contributed by atoms with Crippen LogP contribution in [0.25, 0.3) is 0 Å². The van der Waals surface area contributed by atoms with E-state index in [1.807, 2.05) is 4.90 Å². The van der Waals surface area contributed by atoms with Crippen LogP contribution in [0.4, 0.5) is 22.7 Å². The third-order valence-electron chi connectivity index (χ3n) is 5.56. The average molecular weight is 394 g/mol. The summed E-state index contributed by atoms with van der Waals surface area (Å²) in [4.78, 5) is 39.8. The third-order valence-corrected chi connectivity index (χ3v) is 5.56. The number of carbonyl (C=O) groups is 2. The molecule has 0 aromatic heterocycles. The predicted molar refractivity (Wildman–Crippen MR) is 110 cm³/mol. The van der Waals surface area contributed by atoms with Crippen molar-refractivity contribution in [3.05, 3.63) is 58.1 Å². The second-order valence-electron chi connectivity index (χ2n) is 7.59. The number of nitrogens with one attached hydrogen (secondary N) is 1. The molecule has 1 fully saturated rings. The average Bonchev–Trinajstić information content (AvgIpc) is 2.72. The lowest BCUT2D eigenvalue weighted by Gasteiger charge is -2.32. The number of carbonyl (C=O) groups excluding carboxylic acids is 2. The van der Waals surface area contributed by atoms with E-state index in [1.165, 1.54) is 11.0 Å². The van der Waals surface area contributed by atoms with Gasteiger partial charge >= 0.3 is 0 Å². The van der Waals surface area contributed by atoms with Crippen LogP contribution in [-0.4, -0.2) is 36.4 Å². The Labute approximate surface area is 168 Å². The van der Waals surface area contributed by atoms with Crippen molar-refractivity contribution < 1.29 is 14.5 Å². The van der Waals surface area contributed by atoms with Gasteiger partial charge in [0.15, 0.2) is 0 Å². The van der Waals surface area contributed by atoms with E-state index < -0.39 is 10.8 Å². The maximum atomic E-state index is 13.1. The molecule has 0 aliphatic carbocycles. The smallest absolute Gasteiger partial charge is 0.293 e. The van der Waals surface area contributed by atoms with Crippen molar-refractivity contribution in [1.29, 1.82) is 0 Å². The number of nitro groups is 1. The van der Waals surface area contributed by atoms with E-state index in [2.05, 4.69) is 12.2 Å². The largest absolute Gasteiger partial charge is 0.366 e. The summed E-state index contributed by atoms with van der Waals surface area (Å²) in [5.41, 5.74) is 1.77. The van der Waals surface area contributed by atoms with Gasteiger partial charge in [0.25, 0.3) is 11.6 Å². The Kier molecular flexibility index (Phi) is 4.92. The summed E-state index contributed by atoms with van der Waals surface area (Å²) in [6.07, 6.45) is 1.97. The monoisotopic (exact) mass is 394 g/mol. The summed E-state index contributed by atoms with van der Waals surface area (Å²) in [5.74, 6) is -0.128. The number of nitrogens with zero attached hydrogens (tertiary/aromatic N) is 3. The minimum atomic E-state index is -0.443. The Morgan fingerprint density at radius 1 is 1.14 bits per heavy atom. The fraction of sp³-hybridized carbons (Fsp3) is 0.333. The first kappa shape index (κ1) is 18.9. The maximum Gasteiger partial charge on any atom is 0.293 e. The normalized spacial score (nSPS) is 16.9. The van der Waals surface area contributed by atoms with Gasteiger partial charge in [-0.2, -0.15) is 0 Å². The fourth-order valence-electron chi connectivity index (χ4n) is 3.89. The predicted octanol–water partition coefficient (Wildman–Crippen LogP) is 3.43. The van der Waals surface area contributed by atoms with E-state index in [4.69, 9.17) is 0 Å². The summed E-state index contributed by atoms with van der Waals surface area (Å²) >= 11 is 0. The molecule has 2 aliphatic rings. The minimum Gasteiger partial charge on any atom is -0.366 e. The minimum absolute atomic E-state index is 0.0832. The first-order chi connectivity index (χ1) is 13.9. The number of nitro benzene ring substituents is 1. The van der Waals surface area contributed by atoms with Gasteiger partial charge in [-0.1, -0.05) is 19.1 Å². The number of hydrogen-bond donors (Lipinski definition) is 1. The molecule has 29 heavy (non-hydrogen) atoms. The van der Waals surface area contributed by atoms with Crippen molar-refractivity contribution in [2.45, 2.75) is 19.8 Å². The number of amides is 2. The number of anilines is 3. The molecule has 1 saturated heterocycles. The van der Waals surface area contributed by atoms with Gasteiger partial charge in [-0.15, -0.1) is 0 Å². The number of benzene rings is 2. The van der Waals surface area contributed by atoms with Crippen LogP contribution in [0, 0.1) is 16.0 Å². The van der Waals surface area contributed by atoms with Crippen molar-refractivity contribution in [3.8, 4) is 0 Å². The van der Waals surface area contributed by atoms with Crippen LogP contribution < -0.4 is 15.1 Å². The molecular formula is C21H22N4O4. The molecule has 2 aromatic carbocycles. The maximum absolute atomic E-state index is 13.1. The first-order valence-electron chi connectivity index (χ1n) is 9.68. The number of para-hydroxylation sites is 2. The van der Waals surface area contributed by atoms with Crippen molar-refractivity contribution in [1.82, 2.24) is 0 Å². The van der Waals surface area contributed by atoms with Gasteiger partial charge < -0.3 is 10.2 Å². The fourth-order valence-corrected chi connectivity index (χ4v) is 3.89. The summed E-state index contributed by atoms with van der Waals surface area (Å²) in [7, 11) is 0. The Balaban J connectivity index is 1.67. The second kappa shape index (κ2) is 7.54. The van der Waals surface area contributed by atoms with E-state index in [0.717, 1.165) is 25.9 Å². The van der Waals surface area contributed by atoms with Gasteiger partial charge in [0.05, 0.1) is 16.3 Å². The Morgan fingerprint density at radius 3 is 2.59 bits per heavy atom. The first-order valence-corrected chi connectivity index (χ1v) is 9.68. The highest BCUT2D eigenvalue weighted by atomic mass is 16.6. The lowest BCUT2D eigenvalue weighted by molar-refractivity contribution is -0.384. The van der Waals surface area contributed by atoms with Crippen LogP contribution in [-0.2, 0) is 4.79 Å². The molecule has 0 spiro atoms. The second-order valence-corrected chi connectivity index (χ2v) is 7.59. The highest BCUT2D eigenvalue weighted by molar-refractivity contribution is 6.15. The molecule has 0 radical (unpaired) electrons. The quantitative estimate of drug-likeness (QED) is 0.636. The van der Waals surface area contributed by atoms with E-state index in [0.29, 0.717) is 23.0 Å². The molecule has 2 aliphatic heterocycles. The number of rotatable bonds is 3. The van der Waals surface area contributed by atoms with E-state index >= 15 is 0 Å². The zero-order valence-electron chi connectivity index (χ0n) is 16.1. The SMILES string of the molecule is CC1CCN(c2ccc(C(=O)N3CC(=O)Nc4ccccc43)cc2[N+](=O)[O-])CC1. The van der Waals surface area contributed by atoms with Crippen LogP contribution in [0.5, 0.6) is 0 Å². The van der Waals surface area contributed by atoms with Crippen LogP contribution >= 0.6 is 0 Å². The van der Waals surface area contributed by atoms with Gasteiger partial charge in [0, 0.05) is 24.7 Å². The van der Waals surface area contributed by atoms with Gasteiger partial charge in [-0.05, 0) is 43.0 Å². The zero-order valence-corrected chi connectivity index (χ0v) is 16.1. The highest BCUT2D eigenvalue weighted by Gasteiger charge is 2.30.